The maximum Gasteiger partial charge on any atom is 0.322 e. The lowest BCUT2D eigenvalue weighted by atomic mass is 10.2. The zero-order valence-corrected chi connectivity index (χ0v) is 12.3. The Morgan fingerprint density at radius 3 is 2.45 bits per heavy atom. The van der Waals surface area contributed by atoms with Gasteiger partial charge in [-0.15, -0.1) is 0 Å². The summed E-state index contributed by atoms with van der Waals surface area (Å²) in [5.41, 5.74) is 0.769. The van der Waals surface area contributed by atoms with Crippen molar-refractivity contribution >= 4 is 11.7 Å². The number of morpholine rings is 1. The fourth-order valence-electron chi connectivity index (χ4n) is 2.35. The highest BCUT2D eigenvalue weighted by Gasteiger charge is 2.25. The fraction of sp³-hybridized carbons (Fsp3) is 0.533. The molecule has 0 aromatic heterocycles. The van der Waals surface area contributed by atoms with Crippen molar-refractivity contribution in [3.8, 4) is 5.75 Å². The molecule has 1 aliphatic rings. The predicted molar refractivity (Wildman–Crippen MR) is 78.2 cm³/mol. The van der Waals surface area contributed by atoms with E-state index in [1.807, 2.05) is 45.0 Å². The molecule has 2 atom stereocenters. The second kappa shape index (κ2) is 6.61. The van der Waals surface area contributed by atoms with Gasteiger partial charge in [0, 0.05) is 18.8 Å². The molecule has 0 aliphatic carbocycles. The molecule has 0 saturated carbocycles. The normalized spacial score (nSPS) is 22.4. The summed E-state index contributed by atoms with van der Waals surface area (Å²) in [5, 5.41) is 2.90. The molecular formula is C15H22N2O3. The topological polar surface area (TPSA) is 50.8 Å². The number of carbonyl (C=O) groups is 1. The number of anilines is 1. The SMILES string of the molecule is CCOc1ccc(NC(=O)N2C[C@H](C)O[C@@H](C)C2)cc1. The van der Waals surface area contributed by atoms with Gasteiger partial charge in [-0.2, -0.15) is 0 Å². The van der Waals surface area contributed by atoms with Crippen molar-refractivity contribution < 1.29 is 14.3 Å². The predicted octanol–water partition coefficient (Wildman–Crippen LogP) is 2.73. The van der Waals surface area contributed by atoms with E-state index in [1.54, 1.807) is 4.90 Å². The van der Waals surface area contributed by atoms with Crippen molar-refractivity contribution in [1.29, 1.82) is 0 Å². The Morgan fingerprint density at radius 1 is 1.30 bits per heavy atom. The van der Waals surface area contributed by atoms with Crippen LogP contribution < -0.4 is 10.1 Å². The summed E-state index contributed by atoms with van der Waals surface area (Å²) in [7, 11) is 0. The molecule has 2 rings (SSSR count). The molecule has 2 amide bonds. The number of nitrogens with zero attached hydrogens (tertiary/aromatic N) is 1. The van der Waals surface area contributed by atoms with Gasteiger partial charge in [0.15, 0.2) is 0 Å². The monoisotopic (exact) mass is 278 g/mol. The van der Waals surface area contributed by atoms with E-state index in [9.17, 15) is 4.79 Å². The first-order valence-corrected chi connectivity index (χ1v) is 7.02. The smallest absolute Gasteiger partial charge is 0.322 e. The van der Waals surface area contributed by atoms with Crippen molar-refractivity contribution in [3.05, 3.63) is 24.3 Å². The number of benzene rings is 1. The van der Waals surface area contributed by atoms with Crippen LogP contribution in [-0.4, -0.2) is 42.8 Å². The summed E-state index contributed by atoms with van der Waals surface area (Å²) < 4.78 is 11.0. The Labute approximate surface area is 119 Å². The summed E-state index contributed by atoms with van der Waals surface area (Å²) in [6.07, 6.45) is 0.148. The van der Waals surface area contributed by atoms with E-state index in [0.29, 0.717) is 19.7 Å². The minimum atomic E-state index is -0.0869. The van der Waals surface area contributed by atoms with Gasteiger partial charge in [-0.25, -0.2) is 4.79 Å². The van der Waals surface area contributed by atoms with Gasteiger partial charge in [-0.3, -0.25) is 0 Å². The largest absolute Gasteiger partial charge is 0.494 e. The first kappa shape index (κ1) is 14.7. The molecule has 1 N–H and O–H groups in total. The number of amides is 2. The maximum absolute atomic E-state index is 12.2. The van der Waals surface area contributed by atoms with Gasteiger partial charge in [-0.05, 0) is 45.0 Å². The van der Waals surface area contributed by atoms with Gasteiger partial charge in [0.1, 0.15) is 5.75 Å². The summed E-state index contributed by atoms with van der Waals surface area (Å²) in [5.74, 6) is 0.805. The Kier molecular flexibility index (Phi) is 4.84. The lowest BCUT2D eigenvalue weighted by Gasteiger charge is -2.35. The van der Waals surface area contributed by atoms with Crippen molar-refractivity contribution in [1.82, 2.24) is 4.90 Å². The molecule has 1 aliphatic heterocycles. The molecule has 0 unspecified atom stereocenters. The molecule has 1 saturated heterocycles. The molecule has 20 heavy (non-hydrogen) atoms. The molecule has 0 bridgehead atoms. The quantitative estimate of drug-likeness (QED) is 0.925. The summed E-state index contributed by atoms with van der Waals surface area (Å²) >= 11 is 0. The number of nitrogens with one attached hydrogen (secondary N) is 1. The molecule has 0 radical (unpaired) electrons. The summed E-state index contributed by atoms with van der Waals surface area (Å²) in [6, 6.07) is 7.30. The third kappa shape index (κ3) is 3.87. The Balaban J connectivity index is 1.93. The van der Waals surface area contributed by atoms with Crippen LogP contribution in [0.2, 0.25) is 0 Å². The van der Waals surface area contributed by atoms with Crippen LogP contribution in [-0.2, 0) is 4.74 Å². The van der Waals surface area contributed by atoms with Crippen LogP contribution in [0.5, 0.6) is 5.75 Å². The second-order valence-corrected chi connectivity index (χ2v) is 5.05. The fourth-order valence-corrected chi connectivity index (χ4v) is 2.35. The molecule has 110 valence electrons. The highest BCUT2D eigenvalue weighted by atomic mass is 16.5. The number of carbonyl (C=O) groups excluding carboxylic acids is 1. The van der Waals surface area contributed by atoms with Gasteiger partial charge in [0.2, 0.25) is 0 Å². The molecule has 1 aromatic rings. The molecule has 5 nitrogen and oxygen atoms in total. The van der Waals surface area contributed by atoms with Gasteiger partial charge >= 0.3 is 6.03 Å². The van der Waals surface area contributed by atoms with Gasteiger partial charge in [0.25, 0.3) is 0 Å². The number of hydrogen-bond donors (Lipinski definition) is 1. The lowest BCUT2D eigenvalue weighted by Crippen LogP contribution is -2.49. The maximum atomic E-state index is 12.2. The van der Waals surface area contributed by atoms with E-state index in [1.165, 1.54) is 0 Å². The first-order chi connectivity index (χ1) is 9.58. The number of hydrogen-bond acceptors (Lipinski definition) is 3. The standard InChI is InChI=1S/C15H22N2O3/c1-4-19-14-7-5-13(6-8-14)16-15(18)17-9-11(2)20-12(3)10-17/h5-8,11-12H,4,9-10H2,1-3H3,(H,16,18)/t11-,12-/m0/s1. The minimum Gasteiger partial charge on any atom is -0.494 e. The van der Waals surface area contributed by atoms with Crippen molar-refractivity contribution in [2.75, 3.05) is 25.0 Å². The average molecular weight is 278 g/mol. The molecule has 1 aromatic carbocycles. The zero-order valence-electron chi connectivity index (χ0n) is 12.3. The first-order valence-electron chi connectivity index (χ1n) is 7.02. The van der Waals surface area contributed by atoms with Crippen molar-refractivity contribution in [2.24, 2.45) is 0 Å². The van der Waals surface area contributed by atoms with Gasteiger partial charge < -0.3 is 19.7 Å². The van der Waals surface area contributed by atoms with Crippen molar-refractivity contribution in [2.45, 2.75) is 33.0 Å². The van der Waals surface area contributed by atoms with Crippen LogP contribution in [0.1, 0.15) is 20.8 Å². The van der Waals surface area contributed by atoms with Crippen molar-refractivity contribution in [3.63, 3.8) is 0 Å². The van der Waals surface area contributed by atoms with Crippen LogP contribution in [0, 0.1) is 0 Å². The van der Waals surface area contributed by atoms with E-state index in [0.717, 1.165) is 11.4 Å². The van der Waals surface area contributed by atoms with Crippen LogP contribution in [0.3, 0.4) is 0 Å². The van der Waals surface area contributed by atoms with E-state index >= 15 is 0 Å². The van der Waals surface area contributed by atoms with Crippen LogP contribution in [0.15, 0.2) is 24.3 Å². The van der Waals surface area contributed by atoms with E-state index in [2.05, 4.69) is 5.32 Å². The Bertz CT molecular complexity index is 437. The number of ether oxygens (including phenoxy) is 2. The van der Waals surface area contributed by atoms with Gasteiger partial charge in [0.05, 0.1) is 18.8 Å². The third-order valence-corrected chi connectivity index (χ3v) is 3.12. The average Bonchev–Trinajstić information content (AvgIpc) is 2.40. The Morgan fingerprint density at radius 2 is 1.90 bits per heavy atom. The molecular weight excluding hydrogens is 256 g/mol. The van der Waals surface area contributed by atoms with Crippen LogP contribution >= 0.6 is 0 Å². The van der Waals surface area contributed by atoms with Gasteiger partial charge in [-0.1, -0.05) is 0 Å². The van der Waals surface area contributed by atoms with E-state index in [-0.39, 0.29) is 18.2 Å². The molecule has 1 heterocycles. The number of rotatable bonds is 3. The third-order valence-electron chi connectivity index (χ3n) is 3.12. The molecule has 1 fully saturated rings. The number of urea groups is 1. The summed E-state index contributed by atoms with van der Waals surface area (Å²) in [6.45, 7) is 7.77. The van der Waals surface area contributed by atoms with Crippen LogP contribution in [0.25, 0.3) is 0 Å². The highest BCUT2D eigenvalue weighted by Crippen LogP contribution is 2.17. The lowest BCUT2D eigenvalue weighted by molar-refractivity contribution is -0.0530. The van der Waals surface area contributed by atoms with E-state index < -0.39 is 0 Å². The second-order valence-electron chi connectivity index (χ2n) is 5.05. The molecule has 0 spiro atoms. The highest BCUT2D eigenvalue weighted by molar-refractivity contribution is 5.89. The summed E-state index contributed by atoms with van der Waals surface area (Å²) in [4.78, 5) is 14.0. The van der Waals surface area contributed by atoms with E-state index in [4.69, 9.17) is 9.47 Å². The van der Waals surface area contributed by atoms with Crippen LogP contribution in [0.4, 0.5) is 10.5 Å². The molecule has 5 heteroatoms. The minimum absolute atomic E-state index is 0.0739. The Hall–Kier alpha value is -1.75. The zero-order chi connectivity index (χ0) is 14.5.